The first-order chi connectivity index (χ1) is 8.04. The van der Waals surface area contributed by atoms with Crippen LogP contribution in [0.4, 0.5) is 0 Å². The summed E-state index contributed by atoms with van der Waals surface area (Å²) in [4.78, 5) is 11.7. The predicted molar refractivity (Wildman–Crippen MR) is 73.6 cm³/mol. The number of carbonyl (C=O) groups is 1. The van der Waals surface area contributed by atoms with E-state index in [2.05, 4.69) is 21.2 Å². The Morgan fingerprint density at radius 1 is 1.41 bits per heavy atom. The molecule has 3 N–H and O–H groups in total. The number of hydrogen-bond acceptors (Lipinski definition) is 2. The highest BCUT2D eigenvalue weighted by Crippen LogP contribution is 2.16. The molecule has 4 heteroatoms. The predicted octanol–water partition coefficient (Wildman–Crippen LogP) is 2.75. The van der Waals surface area contributed by atoms with Crippen LogP contribution >= 0.6 is 15.9 Å². The summed E-state index contributed by atoms with van der Waals surface area (Å²) in [5.41, 5.74) is 6.83. The Bertz CT molecular complexity index is 364. The van der Waals surface area contributed by atoms with Gasteiger partial charge in [-0.3, -0.25) is 4.79 Å². The second kappa shape index (κ2) is 6.77. The lowest BCUT2D eigenvalue weighted by molar-refractivity contribution is -0.123. The third-order valence-corrected chi connectivity index (χ3v) is 3.19. The summed E-state index contributed by atoms with van der Waals surface area (Å²) < 4.78 is 1.03. The first-order valence-electron chi connectivity index (χ1n) is 5.86. The number of nitrogens with one attached hydrogen (secondary N) is 1. The van der Waals surface area contributed by atoms with Gasteiger partial charge in [-0.15, -0.1) is 0 Å². The van der Waals surface area contributed by atoms with Crippen LogP contribution < -0.4 is 11.1 Å². The quantitative estimate of drug-likeness (QED) is 0.878. The van der Waals surface area contributed by atoms with Gasteiger partial charge in [0, 0.05) is 4.47 Å². The Kier molecular flexibility index (Phi) is 5.65. The Labute approximate surface area is 111 Å². The van der Waals surface area contributed by atoms with Crippen molar-refractivity contribution >= 4 is 21.8 Å². The average molecular weight is 299 g/mol. The summed E-state index contributed by atoms with van der Waals surface area (Å²) in [5.74, 6) is -0.0812. The minimum atomic E-state index is -0.405. The molecule has 1 rings (SSSR count). The van der Waals surface area contributed by atoms with Gasteiger partial charge in [-0.05, 0) is 31.0 Å². The molecule has 0 spiro atoms. The standard InChI is InChI=1S/C13H19BrN2O/c1-3-4-12(15)13(17)16-9(2)10-5-7-11(14)8-6-10/h5-9,12H,3-4,15H2,1-2H3,(H,16,17)/t9-,12-/m1/s1. The molecule has 3 nitrogen and oxygen atoms in total. The normalized spacial score (nSPS) is 14.1. The van der Waals surface area contributed by atoms with Gasteiger partial charge < -0.3 is 11.1 Å². The molecule has 94 valence electrons. The lowest BCUT2D eigenvalue weighted by Crippen LogP contribution is -2.41. The van der Waals surface area contributed by atoms with Crippen LogP contribution in [0.2, 0.25) is 0 Å². The zero-order chi connectivity index (χ0) is 12.8. The van der Waals surface area contributed by atoms with Crippen LogP contribution in [0.25, 0.3) is 0 Å². The molecule has 0 aliphatic rings. The highest BCUT2D eigenvalue weighted by molar-refractivity contribution is 9.10. The molecule has 0 saturated carbocycles. The highest BCUT2D eigenvalue weighted by atomic mass is 79.9. The largest absolute Gasteiger partial charge is 0.348 e. The maximum atomic E-state index is 11.7. The zero-order valence-corrected chi connectivity index (χ0v) is 11.8. The van der Waals surface area contributed by atoms with Gasteiger partial charge in [0.2, 0.25) is 5.91 Å². The topological polar surface area (TPSA) is 55.1 Å². The number of rotatable bonds is 5. The van der Waals surface area contributed by atoms with Crippen molar-refractivity contribution in [2.45, 2.75) is 38.8 Å². The van der Waals surface area contributed by atoms with Crippen molar-refractivity contribution in [3.05, 3.63) is 34.3 Å². The number of amides is 1. The van der Waals surface area contributed by atoms with Crippen molar-refractivity contribution in [2.24, 2.45) is 5.73 Å². The fourth-order valence-corrected chi connectivity index (χ4v) is 1.86. The van der Waals surface area contributed by atoms with E-state index in [-0.39, 0.29) is 11.9 Å². The number of carbonyl (C=O) groups excluding carboxylic acids is 1. The molecular weight excluding hydrogens is 280 g/mol. The fourth-order valence-electron chi connectivity index (χ4n) is 1.60. The van der Waals surface area contributed by atoms with Gasteiger partial charge in [-0.2, -0.15) is 0 Å². The molecule has 0 unspecified atom stereocenters. The van der Waals surface area contributed by atoms with Gasteiger partial charge in [-0.25, -0.2) is 0 Å². The highest BCUT2D eigenvalue weighted by Gasteiger charge is 2.15. The van der Waals surface area contributed by atoms with E-state index in [1.165, 1.54) is 0 Å². The van der Waals surface area contributed by atoms with Crippen LogP contribution in [0.1, 0.15) is 38.3 Å². The van der Waals surface area contributed by atoms with Gasteiger partial charge >= 0.3 is 0 Å². The van der Waals surface area contributed by atoms with E-state index in [1.807, 2.05) is 38.1 Å². The second-order valence-electron chi connectivity index (χ2n) is 4.18. The van der Waals surface area contributed by atoms with Gasteiger partial charge in [-0.1, -0.05) is 41.4 Å². The summed E-state index contributed by atoms with van der Waals surface area (Å²) >= 11 is 3.38. The Balaban J connectivity index is 2.57. The maximum absolute atomic E-state index is 11.7. The molecule has 0 heterocycles. The first-order valence-corrected chi connectivity index (χ1v) is 6.65. The van der Waals surface area contributed by atoms with Crippen molar-refractivity contribution < 1.29 is 4.79 Å². The van der Waals surface area contributed by atoms with E-state index in [4.69, 9.17) is 5.73 Å². The van der Waals surface area contributed by atoms with E-state index in [0.717, 1.165) is 22.9 Å². The van der Waals surface area contributed by atoms with E-state index in [0.29, 0.717) is 0 Å². The van der Waals surface area contributed by atoms with Gasteiger partial charge in [0.25, 0.3) is 0 Å². The second-order valence-corrected chi connectivity index (χ2v) is 5.09. The van der Waals surface area contributed by atoms with Gasteiger partial charge in [0.05, 0.1) is 12.1 Å². The van der Waals surface area contributed by atoms with Crippen molar-refractivity contribution in [1.82, 2.24) is 5.32 Å². The summed E-state index contributed by atoms with van der Waals surface area (Å²) in [7, 11) is 0. The molecule has 17 heavy (non-hydrogen) atoms. The van der Waals surface area contributed by atoms with Crippen LogP contribution in [0.3, 0.4) is 0 Å². The zero-order valence-electron chi connectivity index (χ0n) is 10.2. The van der Waals surface area contributed by atoms with Gasteiger partial charge in [0.15, 0.2) is 0 Å². The monoisotopic (exact) mass is 298 g/mol. The molecule has 0 aliphatic carbocycles. The molecule has 0 radical (unpaired) electrons. The van der Waals surface area contributed by atoms with Crippen molar-refractivity contribution in [3.63, 3.8) is 0 Å². The molecule has 0 fully saturated rings. The Morgan fingerprint density at radius 2 is 2.00 bits per heavy atom. The van der Waals surface area contributed by atoms with E-state index >= 15 is 0 Å². The molecule has 0 saturated heterocycles. The van der Waals surface area contributed by atoms with Crippen molar-refractivity contribution in [2.75, 3.05) is 0 Å². The Hall–Kier alpha value is -0.870. The molecular formula is C13H19BrN2O. The number of hydrogen-bond donors (Lipinski definition) is 2. The van der Waals surface area contributed by atoms with E-state index in [9.17, 15) is 4.79 Å². The molecule has 1 aromatic rings. The summed E-state index contributed by atoms with van der Waals surface area (Å²) in [5, 5.41) is 2.92. The van der Waals surface area contributed by atoms with Crippen LogP contribution in [0.5, 0.6) is 0 Å². The summed E-state index contributed by atoms with van der Waals surface area (Å²) in [6.45, 7) is 3.98. The van der Waals surface area contributed by atoms with Crippen LogP contribution in [0, 0.1) is 0 Å². The SMILES string of the molecule is CCC[C@@H](N)C(=O)N[C@H](C)c1ccc(Br)cc1. The third-order valence-electron chi connectivity index (χ3n) is 2.67. The molecule has 2 atom stereocenters. The molecule has 0 aliphatic heterocycles. The lowest BCUT2D eigenvalue weighted by Gasteiger charge is -2.17. The first kappa shape index (κ1) is 14.2. The minimum absolute atomic E-state index is 0.0153. The number of nitrogens with two attached hydrogens (primary N) is 1. The van der Waals surface area contributed by atoms with Gasteiger partial charge in [0.1, 0.15) is 0 Å². The fraction of sp³-hybridized carbons (Fsp3) is 0.462. The maximum Gasteiger partial charge on any atom is 0.237 e. The van der Waals surface area contributed by atoms with Crippen LogP contribution in [0.15, 0.2) is 28.7 Å². The number of benzene rings is 1. The summed E-state index contributed by atoms with van der Waals surface area (Å²) in [6, 6.07) is 7.48. The number of halogens is 1. The van der Waals surface area contributed by atoms with Crippen LogP contribution in [-0.4, -0.2) is 11.9 Å². The molecule has 0 aromatic heterocycles. The third kappa shape index (κ3) is 4.48. The Morgan fingerprint density at radius 3 is 2.53 bits per heavy atom. The van der Waals surface area contributed by atoms with Crippen molar-refractivity contribution in [3.8, 4) is 0 Å². The van der Waals surface area contributed by atoms with E-state index < -0.39 is 6.04 Å². The minimum Gasteiger partial charge on any atom is -0.348 e. The van der Waals surface area contributed by atoms with E-state index in [1.54, 1.807) is 0 Å². The summed E-state index contributed by atoms with van der Waals surface area (Å²) in [6.07, 6.45) is 1.64. The smallest absolute Gasteiger partial charge is 0.237 e. The lowest BCUT2D eigenvalue weighted by atomic mass is 10.1. The average Bonchev–Trinajstić information content (AvgIpc) is 2.30. The van der Waals surface area contributed by atoms with Crippen LogP contribution in [-0.2, 0) is 4.79 Å². The molecule has 1 amide bonds. The molecule has 0 bridgehead atoms. The van der Waals surface area contributed by atoms with Crippen molar-refractivity contribution in [1.29, 1.82) is 0 Å². The molecule has 1 aromatic carbocycles.